The number of rotatable bonds is 6. The Bertz CT molecular complexity index is 1200. The molecule has 1 unspecified atom stereocenters. The second-order valence-corrected chi connectivity index (χ2v) is 7.10. The molecule has 0 bridgehead atoms. The fourth-order valence-corrected chi connectivity index (χ4v) is 3.50. The summed E-state index contributed by atoms with van der Waals surface area (Å²) in [6.45, 7) is 4.31. The van der Waals surface area contributed by atoms with Gasteiger partial charge in [-0.05, 0) is 56.3 Å². The molecule has 166 valence electrons. The Morgan fingerprint density at radius 3 is 2.50 bits per heavy atom. The summed E-state index contributed by atoms with van der Waals surface area (Å²) in [6, 6.07) is 14.4. The van der Waals surface area contributed by atoms with Gasteiger partial charge in [0.05, 0.1) is 20.8 Å². The predicted molar refractivity (Wildman–Crippen MR) is 123 cm³/mol. The van der Waals surface area contributed by atoms with Crippen LogP contribution in [0.25, 0.3) is 0 Å². The van der Waals surface area contributed by atoms with E-state index in [1.54, 1.807) is 33.3 Å². The highest BCUT2D eigenvalue weighted by molar-refractivity contribution is 6.03. The van der Waals surface area contributed by atoms with Crippen molar-refractivity contribution in [1.29, 1.82) is 0 Å². The molecule has 0 saturated carbocycles. The van der Waals surface area contributed by atoms with Crippen LogP contribution in [0.2, 0.25) is 0 Å². The Morgan fingerprint density at radius 1 is 1.06 bits per heavy atom. The maximum absolute atomic E-state index is 12.9. The molecular weight excluding hydrogens is 410 g/mol. The second kappa shape index (κ2) is 9.01. The average Bonchev–Trinajstić information content (AvgIpc) is 2.79. The zero-order valence-corrected chi connectivity index (χ0v) is 18.4. The minimum absolute atomic E-state index is 0.223. The summed E-state index contributed by atoms with van der Waals surface area (Å²) in [6.07, 6.45) is -0.706. The van der Waals surface area contributed by atoms with Crippen LogP contribution in [0.5, 0.6) is 17.2 Å². The molecule has 0 fully saturated rings. The molecule has 0 spiro atoms. The number of aliphatic imine (C=N–C) groups is 1. The Hall–Kier alpha value is -4.01. The standard InChI is InChI=1S/C23H25N5O4/c1-5-32-16-8-6-15(7-9-16)25-22-26-21(18-13-17(30-3)10-11-19(18)31-4)28-20(29)12-14(2)24-23(28)27-22/h6-13,21H,5H2,1-4H3,(H2,24,25,26,27). The number of aryl methyl sites for hydroxylation is 1. The molecule has 1 atom stereocenters. The van der Waals surface area contributed by atoms with Gasteiger partial charge in [-0.2, -0.15) is 0 Å². The number of fused-ring (bicyclic) bond motifs is 1. The van der Waals surface area contributed by atoms with Gasteiger partial charge in [-0.1, -0.05) is 0 Å². The zero-order chi connectivity index (χ0) is 22.7. The quantitative estimate of drug-likeness (QED) is 0.612. The molecule has 32 heavy (non-hydrogen) atoms. The summed E-state index contributed by atoms with van der Waals surface area (Å²) in [5.74, 6) is 2.82. The van der Waals surface area contributed by atoms with E-state index in [9.17, 15) is 4.79 Å². The van der Waals surface area contributed by atoms with Crippen molar-refractivity contribution in [3.8, 4) is 17.2 Å². The number of anilines is 2. The maximum Gasteiger partial charge on any atom is 0.257 e. The lowest BCUT2D eigenvalue weighted by molar-refractivity contribution is 0.340. The molecule has 1 aromatic heterocycles. The zero-order valence-electron chi connectivity index (χ0n) is 18.4. The smallest absolute Gasteiger partial charge is 0.257 e. The van der Waals surface area contributed by atoms with Crippen molar-refractivity contribution in [2.45, 2.75) is 20.0 Å². The summed E-state index contributed by atoms with van der Waals surface area (Å²) < 4.78 is 17.9. The molecule has 4 rings (SSSR count). The molecular formula is C23H25N5O4. The third kappa shape index (κ3) is 4.22. The summed E-state index contributed by atoms with van der Waals surface area (Å²) in [5.41, 5.74) is 1.86. The number of benzene rings is 2. The van der Waals surface area contributed by atoms with E-state index in [1.165, 1.54) is 10.6 Å². The largest absolute Gasteiger partial charge is 0.497 e. The molecule has 2 aromatic carbocycles. The Kier molecular flexibility index (Phi) is 5.98. The lowest BCUT2D eigenvalue weighted by Crippen LogP contribution is -2.37. The van der Waals surface area contributed by atoms with E-state index < -0.39 is 6.17 Å². The van der Waals surface area contributed by atoms with E-state index in [1.807, 2.05) is 37.3 Å². The van der Waals surface area contributed by atoms with E-state index in [0.29, 0.717) is 41.3 Å². The molecule has 2 N–H and O–H groups in total. The van der Waals surface area contributed by atoms with Crippen molar-refractivity contribution >= 4 is 17.6 Å². The molecule has 1 aliphatic heterocycles. The van der Waals surface area contributed by atoms with Crippen LogP contribution < -0.4 is 30.4 Å². The minimum atomic E-state index is -0.706. The van der Waals surface area contributed by atoms with Gasteiger partial charge in [0.25, 0.3) is 5.56 Å². The van der Waals surface area contributed by atoms with Gasteiger partial charge in [-0.15, -0.1) is 0 Å². The van der Waals surface area contributed by atoms with E-state index in [2.05, 4.69) is 15.6 Å². The Labute approximate surface area is 185 Å². The third-order valence-corrected chi connectivity index (χ3v) is 4.95. The van der Waals surface area contributed by atoms with E-state index >= 15 is 0 Å². The first-order chi connectivity index (χ1) is 15.5. The van der Waals surface area contributed by atoms with Gasteiger partial charge in [-0.25, -0.2) is 9.98 Å². The predicted octanol–water partition coefficient (Wildman–Crippen LogP) is 3.41. The molecule has 0 radical (unpaired) electrons. The summed E-state index contributed by atoms with van der Waals surface area (Å²) >= 11 is 0. The molecule has 2 heterocycles. The maximum atomic E-state index is 12.9. The number of hydrogen-bond donors (Lipinski definition) is 2. The molecule has 9 nitrogen and oxygen atoms in total. The van der Waals surface area contributed by atoms with Crippen molar-refractivity contribution in [2.75, 3.05) is 31.5 Å². The highest BCUT2D eigenvalue weighted by Crippen LogP contribution is 2.34. The van der Waals surface area contributed by atoms with Gasteiger partial charge in [0.15, 0.2) is 6.17 Å². The van der Waals surface area contributed by atoms with E-state index in [0.717, 1.165) is 11.4 Å². The van der Waals surface area contributed by atoms with Crippen LogP contribution in [0.15, 0.2) is 58.3 Å². The summed E-state index contributed by atoms with van der Waals surface area (Å²) in [5, 5.41) is 6.37. The van der Waals surface area contributed by atoms with E-state index in [4.69, 9.17) is 19.2 Å². The van der Waals surface area contributed by atoms with Crippen LogP contribution in [-0.2, 0) is 0 Å². The molecule has 1 aliphatic rings. The van der Waals surface area contributed by atoms with Crippen molar-refractivity contribution in [3.05, 3.63) is 70.1 Å². The molecule has 9 heteroatoms. The molecule has 0 aliphatic carbocycles. The van der Waals surface area contributed by atoms with Gasteiger partial charge >= 0.3 is 0 Å². The topological polar surface area (TPSA) is 99.0 Å². The van der Waals surface area contributed by atoms with Gasteiger partial charge in [-0.3, -0.25) is 14.7 Å². The Morgan fingerprint density at radius 2 is 1.81 bits per heavy atom. The summed E-state index contributed by atoms with van der Waals surface area (Å²) in [7, 11) is 3.16. The van der Waals surface area contributed by atoms with Gasteiger partial charge in [0.1, 0.15) is 17.2 Å². The number of nitrogens with one attached hydrogen (secondary N) is 2. The van der Waals surface area contributed by atoms with Gasteiger partial charge in [0, 0.05) is 23.0 Å². The SMILES string of the molecule is CCOc1ccc(NC2=NC(c3cc(OC)ccc3OC)n3c(nc(C)cc3=O)N2)cc1. The monoisotopic (exact) mass is 435 g/mol. The average molecular weight is 435 g/mol. The van der Waals surface area contributed by atoms with Crippen LogP contribution in [0.1, 0.15) is 24.3 Å². The first kappa shape index (κ1) is 21.2. The lowest BCUT2D eigenvalue weighted by atomic mass is 10.1. The second-order valence-electron chi connectivity index (χ2n) is 7.10. The van der Waals surface area contributed by atoms with Crippen molar-refractivity contribution in [3.63, 3.8) is 0 Å². The summed E-state index contributed by atoms with van der Waals surface area (Å²) in [4.78, 5) is 22.2. The number of methoxy groups -OCH3 is 2. The first-order valence-corrected chi connectivity index (χ1v) is 10.2. The van der Waals surface area contributed by atoms with Crippen LogP contribution in [0, 0.1) is 6.92 Å². The molecule has 0 amide bonds. The highest BCUT2D eigenvalue weighted by Gasteiger charge is 2.28. The Balaban J connectivity index is 1.78. The van der Waals surface area contributed by atoms with Crippen LogP contribution in [-0.4, -0.2) is 36.3 Å². The minimum Gasteiger partial charge on any atom is -0.497 e. The number of nitrogens with zero attached hydrogens (tertiary/aromatic N) is 3. The molecule has 3 aromatic rings. The van der Waals surface area contributed by atoms with Crippen LogP contribution >= 0.6 is 0 Å². The normalized spacial score (nSPS) is 14.6. The molecule has 0 saturated heterocycles. The number of ether oxygens (including phenoxy) is 3. The van der Waals surface area contributed by atoms with Crippen molar-refractivity contribution in [2.24, 2.45) is 4.99 Å². The fraction of sp³-hybridized carbons (Fsp3) is 0.261. The number of hydrogen-bond acceptors (Lipinski definition) is 8. The van der Waals surface area contributed by atoms with Crippen LogP contribution in [0.3, 0.4) is 0 Å². The highest BCUT2D eigenvalue weighted by atomic mass is 16.5. The van der Waals surface area contributed by atoms with Gasteiger partial charge < -0.3 is 19.5 Å². The third-order valence-electron chi connectivity index (χ3n) is 4.95. The number of aromatic nitrogens is 2. The van der Waals surface area contributed by atoms with E-state index in [-0.39, 0.29) is 5.56 Å². The van der Waals surface area contributed by atoms with Crippen molar-refractivity contribution < 1.29 is 14.2 Å². The lowest BCUT2D eigenvalue weighted by Gasteiger charge is -2.28. The van der Waals surface area contributed by atoms with Crippen molar-refractivity contribution in [1.82, 2.24) is 9.55 Å². The van der Waals surface area contributed by atoms with Crippen LogP contribution in [0.4, 0.5) is 11.6 Å². The number of guanidine groups is 1. The fourth-order valence-electron chi connectivity index (χ4n) is 3.50. The first-order valence-electron chi connectivity index (χ1n) is 10.2. The van der Waals surface area contributed by atoms with Gasteiger partial charge in [0.2, 0.25) is 11.9 Å².